The minimum Gasteiger partial charge on any atom is -0.490 e. The van der Waals surface area contributed by atoms with Crippen molar-refractivity contribution in [3.8, 4) is 17.6 Å². The monoisotopic (exact) mass is 471 g/mol. The van der Waals surface area contributed by atoms with Crippen LogP contribution < -0.4 is 14.8 Å². The first-order valence-electron chi connectivity index (χ1n) is 10.9. The van der Waals surface area contributed by atoms with Gasteiger partial charge in [-0.3, -0.25) is 14.9 Å². The lowest BCUT2D eigenvalue weighted by molar-refractivity contribution is -0.384. The third kappa shape index (κ3) is 6.68. The fraction of sp³-hybridized carbons (Fsp3) is 0.185. The van der Waals surface area contributed by atoms with Gasteiger partial charge in [0.05, 0.1) is 17.2 Å². The molecular weight excluding hydrogens is 446 g/mol. The number of benzene rings is 3. The van der Waals surface area contributed by atoms with E-state index in [0.717, 1.165) is 11.1 Å². The number of carbonyl (C=O) groups excluding carboxylic acids is 1. The van der Waals surface area contributed by atoms with Gasteiger partial charge in [0.2, 0.25) is 0 Å². The van der Waals surface area contributed by atoms with Crippen molar-refractivity contribution < 1.29 is 19.2 Å². The summed E-state index contributed by atoms with van der Waals surface area (Å²) in [5.74, 6) is 0.356. The molecule has 0 aromatic heterocycles. The molecule has 178 valence electrons. The second-order valence-corrected chi connectivity index (χ2v) is 7.79. The van der Waals surface area contributed by atoms with Crippen LogP contribution in [0.25, 0.3) is 6.08 Å². The Labute approximate surface area is 203 Å². The Morgan fingerprint density at radius 3 is 2.46 bits per heavy atom. The molecular formula is C27H25N3O5. The average molecular weight is 472 g/mol. The summed E-state index contributed by atoms with van der Waals surface area (Å²) >= 11 is 0. The Kier molecular flexibility index (Phi) is 8.20. The van der Waals surface area contributed by atoms with Crippen molar-refractivity contribution in [1.82, 2.24) is 0 Å². The Hall–Kier alpha value is -4.64. The van der Waals surface area contributed by atoms with Gasteiger partial charge in [0.15, 0.2) is 11.5 Å². The van der Waals surface area contributed by atoms with Gasteiger partial charge in [-0.05, 0) is 55.7 Å². The van der Waals surface area contributed by atoms with Gasteiger partial charge >= 0.3 is 0 Å². The number of nitro groups is 1. The molecule has 1 N–H and O–H groups in total. The van der Waals surface area contributed by atoms with Crippen LogP contribution >= 0.6 is 0 Å². The zero-order valence-electron chi connectivity index (χ0n) is 19.7. The van der Waals surface area contributed by atoms with E-state index in [1.807, 2.05) is 44.2 Å². The second-order valence-electron chi connectivity index (χ2n) is 7.79. The van der Waals surface area contributed by atoms with Crippen LogP contribution in [0, 0.1) is 35.3 Å². The van der Waals surface area contributed by atoms with Crippen molar-refractivity contribution in [2.24, 2.45) is 0 Å². The van der Waals surface area contributed by atoms with Crippen molar-refractivity contribution in [3.05, 3.63) is 98.6 Å². The first-order valence-corrected chi connectivity index (χ1v) is 10.9. The molecule has 0 spiro atoms. The molecule has 35 heavy (non-hydrogen) atoms. The number of hydrogen-bond donors (Lipinski definition) is 1. The quantitative estimate of drug-likeness (QED) is 0.184. The minimum absolute atomic E-state index is 0.157. The molecule has 0 atom stereocenters. The number of nitrogens with one attached hydrogen (secondary N) is 1. The van der Waals surface area contributed by atoms with Crippen LogP contribution in [-0.2, 0) is 11.4 Å². The molecule has 0 saturated carbocycles. The van der Waals surface area contributed by atoms with Gasteiger partial charge in [-0.15, -0.1) is 0 Å². The summed E-state index contributed by atoms with van der Waals surface area (Å²) in [6.07, 6.45) is 1.42. The lowest BCUT2D eigenvalue weighted by Gasteiger charge is -2.13. The molecule has 0 fully saturated rings. The maximum Gasteiger partial charge on any atom is 0.271 e. The second kappa shape index (κ2) is 11.5. The van der Waals surface area contributed by atoms with Crippen LogP contribution in [0.2, 0.25) is 0 Å². The zero-order chi connectivity index (χ0) is 25.4. The van der Waals surface area contributed by atoms with Gasteiger partial charge in [-0.2, -0.15) is 5.26 Å². The summed E-state index contributed by atoms with van der Waals surface area (Å²) < 4.78 is 11.6. The lowest BCUT2D eigenvalue weighted by Crippen LogP contribution is -2.14. The molecule has 0 aliphatic rings. The number of ether oxygens (including phenoxy) is 2. The Balaban J connectivity index is 1.80. The molecule has 8 heteroatoms. The Bertz CT molecular complexity index is 1310. The molecule has 0 heterocycles. The Morgan fingerprint density at radius 2 is 1.80 bits per heavy atom. The standard InChI is InChI=1S/C27H25N3O5/c1-4-34-26-14-21(10-12-25(26)35-17-20-8-5-18(2)6-9-20)13-22(16-28)27(31)29-24-15-23(30(32)33)11-7-19(24)3/h5-15H,4,17H2,1-3H3,(H,29,31)/b22-13+. The largest absolute Gasteiger partial charge is 0.490 e. The maximum absolute atomic E-state index is 12.7. The van der Waals surface area contributed by atoms with Gasteiger partial charge in [0, 0.05) is 12.1 Å². The minimum atomic E-state index is -0.672. The molecule has 0 unspecified atom stereocenters. The number of carbonyl (C=O) groups is 1. The molecule has 0 bridgehead atoms. The van der Waals surface area contributed by atoms with E-state index >= 15 is 0 Å². The highest BCUT2D eigenvalue weighted by Gasteiger charge is 2.15. The molecule has 3 aromatic carbocycles. The number of aryl methyl sites for hydroxylation is 2. The molecule has 3 rings (SSSR count). The van der Waals surface area contributed by atoms with Crippen molar-refractivity contribution in [1.29, 1.82) is 5.26 Å². The van der Waals surface area contributed by atoms with Gasteiger partial charge in [0.1, 0.15) is 18.2 Å². The number of amides is 1. The predicted octanol–water partition coefficient (Wildman–Crippen LogP) is 5.74. The molecule has 0 radical (unpaired) electrons. The van der Waals surface area contributed by atoms with Crippen molar-refractivity contribution in [3.63, 3.8) is 0 Å². The third-order valence-corrected chi connectivity index (χ3v) is 5.14. The molecule has 3 aromatic rings. The fourth-order valence-corrected chi connectivity index (χ4v) is 3.21. The van der Waals surface area contributed by atoms with E-state index in [9.17, 15) is 20.2 Å². The SMILES string of the molecule is CCOc1cc(/C=C(\C#N)C(=O)Nc2cc([N+](=O)[O-])ccc2C)ccc1OCc1ccc(C)cc1. The summed E-state index contributed by atoms with van der Waals surface area (Å²) in [7, 11) is 0. The average Bonchev–Trinajstić information content (AvgIpc) is 2.84. The number of rotatable bonds is 9. The number of nitro benzene ring substituents is 1. The van der Waals surface area contributed by atoms with E-state index in [-0.39, 0.29) is 16.9 Å². The Morgan fingerprint density at radius 1 is 1.06 bits per heavy atom. The van der Waals surface area contributed by atoms with Crippen LogP contribution in [0.3, 0.4) is 0 Å². The number of nitriles is 1. The molecule has 0 aliphatic heterocycles. The van der Waals surface area contributed by atoms with Crippen molar-refractivity contribution >= 4 is 23.4 Å². The first kappa shape index (κ1) is 25.0. The first-order chi connectivity index (χ1) is 16.8. The summed E-state index contributed by atoms with van der Waals surface area (Å²) in [5.41, 5.74) is 3.33. The van der Waals surface area contributed by atoms with Gasteiger partial charge in [-0.1, -0.05) is 42.0 Å². The van der Waals surface area contributed by atoms with Crippen LogP contribution in [0.15, 0.2) is 66.2 Å². The van der Waals surface area contributed by atoms with Gasteiger partial charge in [-0.25, -0.2) is 0 Å². The summed E-state index contributed by atoms with van der Waals surface area (Å²) in [6.45, 7) is 6.35. The van der Waals surface area contributed by atoms with Crippen molar-refractivity contribution in [2.45, 2.75) is 27.4 Å². The normalized spacial score (nSPS) is 10.9. The summed E-state index contributed by atoms with van der Waals surface area (Å²) in [6, 6.07) is 19.2. The van der Waals surface area contributed by atoms with E-state index in [2.05, 4.69) is 5.32 Å². The fourth-order valence-electron chi connectivity index (χ4n) is 3.21. The van der Waals surface area contributed by atoms with E-state index in [0.29, 0.717) is 35.8 Å². The van der Waals surface area contributed by atoms with Gasteiger partial charge < -0.3 is 14.8 Å². The molecule has 1 amide bonds. The number of nitrogens with zero attached hydrogens (tertiary/aromatic N) is 2. The predicted molar refractivity (Wildman–Crippen MR) is 133 cm³/mol. The zero-order valence-corrected chi connectivity index (χ0v) is 19.7. The lowest BCUT2D eigenvalue weighted by atomic mass is 10.1. The maximum atomic E-state index is 12.7. The van der Waals surface area contributed by atoms with Gasteiger partial charge in [0.25, 0.3) is 11.6 Å². The summed E-state index contributed by atoms with van der Waals surface area (Å²) in [4.78, 5) is 23.2. The smallest absolute Gasteiger partial charge is 0.271 e. The van der Waals surface area contributed by atoms with Crippen LogP contribution in [0.1, 0.15) is 29.2 Å². The molecule has 8 nitrogen and oxygen atoms in total. The molecule has 0 saturated heterocycles. The topological polar surface area (TPSA) is 114 Å². The number of anilines is 1. The van der Waals surface area contributed by atoms with E-state index < -0.39 is 10.8 Å². The van der Waals surface area contributed by atoms with Crippen LogP contribution in [0.4, 0.5) is 11.4 Å². The third-order valence-electron chi connectivity index (χ3n) is 5.14. The van der Waals surface area contributed by atoms with E-state index in [4.69, 9.17) is 9.47 Å². The summed E-state index contributed by atoms with van der Waals surface area (Å²) in [5, 5.41) is 23.2. The highest BCUT2D eigenvalue weighted by atomic mass is 16.6. The van der Waals surface area contributed by atoms with Crippen LogP contribution in [0.5, 0.6) is 11.5 Å². The van der Waals surface area contributed by atoms with Crippen LogP contribution in [-0.4, -0.2) is 17.4 Å². The van der Waals surface area contributed by atoms with E-state index in [1.165, 1.54) is 24.3 Å². The molecule has 0 aliphatic carbocycles. The number of non-ortho nitro benzene ring substituents is 1. The van der Waals surface area contributed by atoms with E-state index in [1.54, 1.807) is 25.1 Å². The van der Waals surface area contributed by atoms with Crippen molar-refractivity contribution in [2.75, 3.05) is 11.9 Å². The highest BCUT2D eigenvalue weighted by Crippen LogP contribution is 2.30. The number of hydrogen-bond acceptors (Lipinski definition) is 6. The highest BCUT2D eigenvalue weighted by molar-refractivity contribution is 6.10.